The number of amides is 2. The Labute approximate surface area is 147 Å². The number of nitrogens with two attached hydrogens (primary N) is 1. The van der Waals surface area contributed by atoms with Crippen molar-refractivity contribution >= 4 is 29.5 Å². The van der Waals surface area contributed by atoms with Gasteiger partial charge in [0.05, 0.1) is 0 Å². The highest BCUT2D eigenvalue weighted by atomic mass is 32.2. The average Bonchev–Trinajstić information content (AvgIpc) is 2.58. The van der Waals surface area contributed by atoms with Crippen molar-refractivity contribution < 1.29 is 24.6 Å². The lowest BCUT2D eigenvalue weighted by molar-refractivity contribution is -0.150. The van der Waals surface area contributed by atoms with Crippen LogP contribution >= 0.6 is 11.8 Å². The molecule has 2 heterocycles. The van der Waals surface area contributed by atoms with Crippen LogP contribution in [0.15, 0.2) is 35.5 Å². The fourth-order valence-corrected chi connectivity index (χ4v) is 4.14. The van der Waals surface area contributed by atoms with Crippen molar-refractivity contribution in [3.63, 3.8) is 0 Å². The first kappa shape index (κ1) is 17.3. The Kier molecular flexibility index (Phi) is 4.44. The van der Waals surface area contributed by atoms with Crippen LogP contribution in [0.25, 0.3) is 0 Å². The summed E-state index contributed by atoms with van der Waals surface area (Å²) in [5.74, 6) is -1.61. The van der Waals surface area contributed by atoms with Crippen LogP contribution in [-0.2, 0) is 14.4 Å². The third kappa shape index (κ3) is 2.96. The molecule has 2 aliphatic rings. The largest absolute Gasteiger partial charge is 0.508 e. The number of carbonyl (C=O) groups excluding carboxylic acids is 2. The zero-order valence-corrected chi connectivity index (χ0v) is 14.1. The minimum atomic E-state index is -1.15. The Morgan fingerprint density at radius 3 is 2.60 bits per heavy atom. The lowest BCUT2D eigenvalue weighted by Crippen LogP contribution is -2.71. The number of fused-ring (bicyclic) bond motifs is 1. The first-order valence-corrected chi connectivity index (χ1v) is 8.58. The van der Waals surface area contributed by atoms with Crippen molar-refractivity contribution in [3.8, 4) is 5.75 Å². The molecule has 1 aromatic rings. The van der Waals surface area contributed by atoms with E-state index in [9.17, 15) is 24.6 Å². The Hall–Kier alpha value is -2.52. The number of nitrogens with one attached hydrogen (secondary N) is 1. The quantitative estimate of drug-likeness (QED) is 0.560. The molecule has 3 rings (SSSR count). The predicted molar refractivity (Wildman–Crippen MR) is 90.4 cm³/mol. The van der Waals surface area contributed by atoms with Gasteiger partial charge in [-0.15, -0.1) is 11.8 Å². The van der Waals surface area contributed by atoms with E-state index < -0.39 is 35.2 Å². The molecular formula is C16H17N3O5S. The fraction of sp³-hybridized carbons (Fsp3) is 0.312. The maximum atomic E-state index is 12.3. The molecule has 0 bridgehead atoms. The van der Waals surface area contributed by atoms with Gasteiger partial charge in [0.1, 0.15) is 28.9 Å². The van der Waals surface area contributed by atoms with Gasteiger partial charge < -0.3 is 21.3 Å². The van der Waals surface area contributed by atoms with E-state index in [0.717, 1.165) is 0 Å². The molecule has 0 aromatic heterocycles. The normalized spacial score (nSPS) is 23.6. The van der Waals surface area contributed by atoms with Gasteiger partial charge in [-0.1, -0.05) is 12.1 Å². The standard InChI is InChI=1S/C16H17N3O5S/c1-7-6-25-15-11(14(22)19(15)12(7)16(23)24)18-13(21)10(17)8-2-4-9(20)5-3-8/h2-5,10-11,15,20H,6,17H2,1H3,(H,18,21)(H,23,24)/t10-,11-,15+/m1/s1. The molecular weight excluding hydrogens is 346 g/mol. The maximum absolute atomic E-state index is 12.3. The van der Waals surface area contributed by atoms with Crippen molar-refractivity contribution in [2.24, 2.45) is 5.73 Å². The molecule has 5 N–H and O–H groups in total. The summed E-state index contributed by atoms with van der Waals surface area (Å²) in [6.45, 7) is 1.67. The van der Waals surface area contributed by atoms with Crippen LogP contribution in [0.2, 0.25) is 0 Å². The van der Waals surface area contributed by atoms with E-state index >= 15 is 0 Å². The number of benzene rings is 1. The van der Waals surface area contributed by atoms with Crippen molar-refractivity contribution in [2.45, 2.75) is 24.4 Å². The van der Waals surface area contributed by atoms with Crippen molar-refractivity contribution in [1.29, 1.82) is 0 Å². The van der Waals surface area contributed by atoms with E-state index in [2.05, 4.69) is 5.32 Å². The number of β-lactam (4-membered cyclic amide) rings is 1. The number of aliphatic carboxylic acids is 1. The van der Waals surface area contributed by atoms with Gasteiger partial charge in [-0.25, -0.2) is 4.79 Å². The average molecular weight is 363 g/mol. The second-order valence-electron chi connectivity index (χ2n) is 5.90. The number of thioether (sulfide) groups is 1. The maximum Gasteiger partial charge on any atom is 0.352 e. The summed E-state index contributed by atoms with van der Waals surface area (Å²) in [6, 6.07) is 4.09. The number of hydrogen-bond donors (Lipinski definition) is 4. The summed E-state index contributed by atoms with van der Waals surface area (Å²) in [5.41, 5.74) is 7.00. The number of hydrogen-bond acceptors (Lipinski definition) is 6. The summed E-state index contributed by atoms with van der Waals surface area (Å²) in [4.78, 5) is 37.2. The third-order valence-corrected chi connectivity index (χ3v) is 5.62. The molecule has 0 radical (unpaired) electrons. The van der Waals surface area contributed by atoms with Crippen LogP contribution in [0.5, 0.6) is 5.75 Å². The fourth-order valence-electron chi connectivity index (χ4n) is 2.85. The van der Waals surface area contributed by atoms with E-state index in [-0.39, 0.29) is 11.4 Å². The molecule has 25 heavy (non-hydrogen) atoms. The molecule has 2 amide bonds. The van der Waals surface area contributed by atoms with Crippen LogP contribution in [0.1, 0.15) is 18.5 Å². The minimum Gasteiger partial charge on any atom is -0.508 e. The van der Waals surface area contributed by atoms with Gasteiger partial charge in [-0.05, 0) is 30.2 Å². The van der Waals surface area contributed by atoms with Crippen molar-refractivity contribution in [1.82, 2.24) is 10.2 Å². The number of nitrogens with zero attached hydrogens (tertiary/aromatic N) is 1. The molecule has 2 aliphatic heterocycles. The number of carbonyl (C=O) groups is 3. The highest BCUT2D eigenvalue weighted by Gasteiger charge is 2.53. The lowest BCUT2D eigenvalue weighted by Gasteiger charge is -2.49. The van der Waals surface area contributed by atoms with E-state index in [1.165, 1.54) is 40.9 Å². The number of carboxylic acids is 1. The van der Waals surface area contributed by atoms with Gasteiger partial charge in [0.2, 0.25) is 5.91 Å². The molecule has 0 aliphatic carbocycles. The number of rotatable bonds is 4. The highest BCUT2D eigenvalue weighted by molar-refractivity contribution is 8.00. The highest BCUT2D eigenvalue weighted by Crippen LogP contribution is 2.40. The van der Waals surface area contributed by atoms with Gasteiger partial charge >= 0.3 is 5.97 Å². The molecule has 0 saturated carbocycles. The van der Waals surface area contributed by atoms with Gasteiger partial charge in [0.25, 0.3) is 5.91 Å². The molecule has 8 nitrogen and oxygen atoms in total. The van der Waals surface area contributed by atoms with Gasteiger partial charge in [0.15, 0.2) is 0 Å². The summed E-state index contributed by atoms with van der Waals surface area (Å²) >= 11 is 1.40. The molecule has 0 unspecified atom stereocenters. The third-order valence-electron chi connectivity index (χ3n) is 4.19. The van der Waals surface area contributed by atoms with Crippen molar-refractivity contribution in [3.05, 3.63) is 41.1 Å². The SMILES string of the molecule is CC1=C(C(=O)O)N2C(=O)[C@@H](NC(=O)[C@H](N)c3ccc(O)cc3)[C@@H]2SC1. The number of phenolic OH excluding ortho intramolecular Hbond substituents is 1. The summed E-state index contributed by atoms with van der Waals surface area (Å²) in [6.07, 6.45) is 0. The first-order valence-electron chi connectivity index (χ1n) is 7.54. The van der Waals surface area contributed by atoms with Gasteiger partial charge in [-0.3, -0.25) is 14.5 Å². The van der Waals surface area contributed by atoms with Crippen LogP contribution in [0.4, 0.5) is 0 Å². The zero-order valence-electron chi connectivity index (χ0n) is 13.3. The second-order valence-corrected chi connectivity index (χ2v) is 7.00. The van der Waals surface area contributed by atoms with Crippen LogP contribution in [0, 0.1) is 0 Å². The molecule has 1 fully saturated rings. The molecule has 132 valence electrons. The van der Waals surface area contributed by atoms with E-state index in [1.54, 1.807) is 6.92 Å². The Morgan fingerprint density at radius 2 is 2.00 bits per heavy atom. The van der Waals surface area contributed by atoms with Gasteiger partial charge in [0, 0.05) is 5.75 Å². The predicted octanol–water partition coefficient (Wildman–Crippen LogP) is 0.151. The van der Waals surface area contributed by atoms with Gasteiger partial charge in [-0.2, -0.15) is 0 Å². The zero-order chi connectivity index (χ0) is 18.3. The molecule has 1 aromatic carbocycles. The number of phenols is 1. The Morgan fingerprint density at radius 1 is 1.36 bits per heavy atom. The smallest absolute Gasteiger partial charge is 0.352 e. The Balaban J connectivity index is 1.71. The molecule has 3 atom stereocenters. The summed E-state index contributed by atoms with van der Waals surface area (Å²) in [7, 11) is 0. The van der Waals surface area contributed by atoms with E-state index in [4.69, 9.17) is 5.73 Å². The summed E-state index contributed by atoms with van der Waals surface area (Å²) in [5, 5.41) is 20.7. The Bertz CT molecular complexity index is 776. The topological polar surface area (TPSA) is 133 Å². The first-order chi connectivity index (χ1) is 11.8. The number of aromatic hydroxyl groups is 1. The monoisotopic (exact) mass is 363 g/mol. The lowest BCUT2D eigenvalue weighted by atomic mass is 10.0. The number of carboxylic acid groups (broad SMARTS) is 1. The molecule has 1 saturated heterocycles. The van der Waals surface area contributed by atoms with Crippen LogP contribution in [-0.4, -0.2) is 50.1 Å². The molecule has 9 heteroatoms. The summed E-state index contributed by atoms with van der Waals surface area (Å²) < 4.78 is 0. The van der Waals surface area contributed by atoms with Crippen LogP contribution in [0.3, 0.4) is 0 Å². The molecule has 0 spiro atoms. The van der Waals surface area contributed by atoms with Crippen molar-refractivity contribution in [2.75, 3.05) is 5.75 Å². The minimum absolute atomic E-state index is 0.0120. The van der Waals surface area contributed by atoms with E-state index in [1.807, 2.05) is 0 Å². The second kappa shape index (κ2) is 6.41. The van der Waals surface area contributed by atoms with E-state index in [0.29, 0.717) is 16.9 Å². The van der Waals surface area contributed by atoms with Crippen LogP contribution < -0.4 is 11.1 Å².